The highest BCUT2D eigenvalue weighted by atomic mass is 35.5. The number of amides is 1. The van der Waals surface area contributed by atoms with E-state index in [4.69, 9.17) is 16.6 Å². The van der Waals surface area contributed by atoms with Crippen LogP contribution in [-0.4, -0.2) is 22.0 Å². The van der Waals surface area contributed by atoms with E-state index < -0.39 is 0 Å². The number of rotatable bonds is 7. The molecular formula is C20H20ClN3O. The van der Waals surface area contributed by atoms with E-state index in [2.05, 4.69) is 22.5 Å². The molecule has 0 radical (unpaired) electrons. The molecule has 1 N–H and O–H groups in total. The number of halogens is 1. The van der Waals surface area contributed by atoms with Gasteiger partial charge >= 0.3 is 0 Å². The summed E-state index contributed by atoms with van der Waals surface area (Å²) in [6, 6.07) is 15.9. The highest BCUT2D eigenvalue weighted by Gasteiger charge is 2.12. The summed E-state index contributed by atoms with van der Waals surface area (Å²) in [6.45, 7) is 4.73. The van der Waals surface area contributed by atoms with E-state index in [0.717, 1.165) is 40.3 Å². The first-order valence-corrected chi connectivity index (χ1v) is 8.64. The highest BCUT2D eigenvalue weighted by molar-refractivity contribution is 6.31. The molecule has 0 atom stereocenters. The van der Waals surface area contributed by atoms with Crippen LogP contribution < -0.4 is 5.32 Å². The third kappa shape index (κ3) is 4.09. The largest absolute Gasteiger partial charge is 0.353 e. The smallest absolute Gasteiger partial charge is 0.243 e. The zero-order chi connectivity index (χ0) is 17.6. The second-order valence-electron chi connectivity index (χ2n) is 5.79. The fourth-order valence-corrected chi connectivity index (χ4v) is 3.02. The van der Waals surface area contributed by atoms with E-state index in [9.17, 15) is 4.79 Å². The molecule has 0 spiro atoms. The lowest BCUT2D eigenvalue weighted by Crippen LogP contribution is -2.22. The molecule has 0 saturated carbocycles. The van der Waals surface area contributed by atoms with Gasteiger partial charge in [-0.15, -0.1) is 0 Å². The van der Waals surface area contributed by atoms with Gasteiger partial charge in [-0.2, -0.15) is 0 Å². The van der Waals surface area contributed by atoms with Crippen molar-refractivity contribution in [3.8, 4) is 0 Å². The zero-order valence-corrected chi connectivity index (χ0v) is 14.7. The Balaban J connectivity index is 1.83. The van der Waals surface area contributed by atoms with Gasteiger partial charge in [0.05, 0.1) is 17.6 Å². The fraction of sp³-hybridized carbons (Fsp3) is 0.200. The first-order chi connectivity index (χ1) is 12.2. The number of aromatic nitrogens is 2. The van der Waals surface area contributed by atoms with Crippen LogP contribution in [0.15, 0.2) is 61.2 Å². The molecule has 0 aliphatic rings. The quantitative estimate of drug-likeness (QED) is 0.516. The van der Waals surface area contributed by atoms with Crippen molar-refractivity contribution in [1.82, 2.24) is 14.9 Å². The number of carbonyl (C=O) groups excluding carboxylic acids is 1. The van der Waals surface area contributed by atoms with E-state index >= 15 is 0 Å². The lowest BCUT2D eigenvalue weighted by Gasteiger charge is -2.11. The summed E-state index contributed by atoms with van der Waals surface area (Å²) in [7, 11) is 0. The lowest BCUT2D eigenvalue weighted by atomic mass is 10.2. The Hall–Kier alpha value is -2.59. The molecule has 2 aromatic carbocycles. The van der Waals surface area contributed by atoms with Gasteiger partial charge in [-0.3, -0.25) is 4.79 Å². The molecule has 3 aromatic rings. The number of nitrogens with one attached hydrogen (secondary N) is 1. The Bertz CT molecular complexity index is 901. The SMILES string of the molecule is C=CC(=O)NCCCc1nc2ccccc2n1Cc1ccccc1Cl. The van der Waals surface area contributed by atoms with E-state index in [0.29, 0.717) is 13.1 Å². The molecule has 128 valence electrons. The molecule has 0 fully saturated rings. The Morgan fingerprint density at radius 1 is 1.20 bits per heavy atom. The lowest BCUT2D eigenvalue weighted by molar-refractivity contribution is -0.116. The van der Waals surface area contributed by atoms with Crippen molar-refractivity contribution in [3.05, 3.63) is 77.6 Å². The van der Waals surface area contributed by atoms with Gasteiger partial charge in [-0.1, -0.05) is 48.5 Å². The normalized spacial score (nSPS) is 10.8. The molecule has 3 rings (SSSR count). The number of fused-ring (bicyclic) bond motifs is 1. The van der Waals surface area contributed by atoms with Gasteiger partial charge in [-0.05, 0) is 36.3 Å². The molecule has 0 aliphatic heterocycles. The Morgan fingerprint density at radius 3 is 2.76 bits per heavy atom. The Morgan fingerprint density at radius 2 is 1.96 bits per heavy atom. The van der Waals surface area contributed by atoms with Crippen molar-refractivity contribution in [2.75, 3.05) is 6.54 Å². The van der Waals surface area contributed by atoms with E-state index in [1.165, 1.54) is 6.08 Å². The van der Waals surface area contributed by atoms with Gasteiger partial charge in [0.2, 0.25) is 5.91 Å². The first kappa shape index (κ1) is 17.2. The van der Waals surface area contributed by atoms with Gasteiger partial charge in [0, 0.05) is 18.0 Å². The van der Waals surface area contributed by atoms with Crippen LogP contribution >= 0.6 is 11.6 Å². The number of imidazole rings is 1. The second-order valence-corrected chi connectivity index (χ2v) is 6.20. The van der Waals surface area contributed by atoms with Gasteiger partial charge in [0.25, 0.3) is 0 Å². The zero-order valence-electron chi connectivity index (χ0n) is 13.9. The number of benzene rings is 2. The van der Waals surface area contributed by atoms with Crippen LogP contribution in [0.2, 0.25) is 5.02 Å². The van der Waals surface area contributed by atoms with Crippen LogP contribution in [-0.2, 0) is 17.8 Å². The Labute approximate surface area is 152 Å². The summed E-state index contributed by atoms with van der Waals surface area (Å²) in [5, 5.41) is 3.55. The maximum absolute atomic E-state index is 11.2. The predicted octanol–water partition coefficient (Wildman–Crippen LogP) is 3.97. The van der Waals surface area contributed by atoms with Crippen LogP contribution in [0.5, 0.6) is 0 Å². The maximum atomic E-state index is 11.2. The molecular weight excluding hydrogens is 334 g/mol. The molecule has 25 heavy (non-hydrogen) atoms. The standard InChI is InChI=1S/C20H20ClN3O/c1-2-20(25)22-13-7-12-19-23-17-10-5-6-11-18(17)24(19)14-15-8-3-4-9-16(15)21/h2-6,8-11H,1,7,12-14H2,(H,22,25). The molecule has 0 saturated heterocycles. The number of hydrogen-bond acceptors (Lipinski definition) is 2. The molecule has 0 unspecified atom stereocenters. The predicted molar refractivity (Wildman–Crippen MR) is 102 cm³/mol. The van der Waals surface area contributed by atoms with Crippen LogP contribution in [0.4, 0.5) is 0 Å². The molecule has 1 heterocycles. The summed E-state index contributed by atoms with van der Waals surface area (Å²) < 4.78 is 2.20. The van der Waals surface area contributed by atoms with Gasteiger partial charge < -0.3 is 9.88 Å². The molecule has 5 heteroatoms. The third-order valence-electron chi connectivity index (χ3n) is 4.08. The van der Waals surface area contributed by atoms with E-state index in [1.54, 1.807) is 0 Å². The van der Waals surface area contributed by atoms with Crippen LogP contribution in [0.3, 0.4) is 0 Å². The Kier molecular flexibility index (Phi) is 5.51. The average molecular weight is 354 g/mol. The van der Waals surface area contributed by atoms with Gasteiger partial charge in [0.15, 0.2) is 0 Å². The summed E-state index contributed by atoms with van der Waals surface area (Å²) in [4.78, 5) is 16.0. The van der Waals surface area contributed by atoms with Gasteiger partial charge in [0.1, 0.15) is 5.82 Å². The van der Waals surface area contributed by atoms with Crippen molar-refractivity contribution in [2.45, 2.75) is 19.4 Å². The number of carbonyl (C=O) groups is 1. The minimum Gasteiger partial charge on any atom is -0.353 e. The topological polar surface area (TPSA) is 46.9 Å². The summed E-state index contributed by atoms with van der Waals surface area (Å²) in [5.41, 5.74) is 3.13. The second kappa shape index (κ2) is 7.99. The van der Waals surface area contributed by atoms with Crippen molar-refractivity contribution in [3.63, 3.8) is 0 Å². The van der Waals surface area contributed by atoms with Crippen molar-refractivity contribution < 1.29 is 4.79 Å². The number of aryl methyl sites for hydroxylation is 1. The van der Waals surface area contributed by atoms with Crippen LogP contribution in [0.25, 0.3) is 11.0 Å². The average Bonchev–Trinajstić information content (AvgIpc) is 2.98. The summed E-state index contributed by atoms with van der Waals surface area (Å²) >= 11 is 6.33. The highest BCUT2D eigenvalue weighted by Crippen LogP contribution is 2.22. The first-order valence-electron chi connectivity index (χ1n) is 8.27. The minimum atomic E-state index is -0.149. The fourth-order valence-electron chi connectivity index (χ4n) is 2.82. The van der Waals surface area contributed by atoms with Crippen LogP contribution in [0.1, 0.15) is 17.8 Å². The van der Waals surface area contributed by atoms with E-state index in [-0.39, 0.29) is 5.91 Å². The minimum absolute atomic E-state index is 0.149. The number of para-hydroxylation sites is 2. The van der Waals surface area contributed by atoms with E-state index in [1.807, 2.05) is 42.5 Å². The third-order valence-corrected chi connectivity index (χ3v) is 4.45. The molecule has 0 bridgehead atoms. The van der Waals surface area contributed by atoms with Crippen LogP contribution in [0, 0.1) is 0 Å². The summed E-state index contributed by atoms with van der Waals surface area (Å²) in [6.07, 6.45) is 2.87. The molecule has 1 amide bonds. The van der Waals surface area contributed by atoms with Gasteiger partial charge in [-0.25, -0.2) is 4.98 Å². The van der Waals surface area contributed by atoms with Crippen molar-refractivity contribution in [2.24, 2.45) is 0 Å². The molecule has 4 nitrogen and oxygen atoms in total. The monoisotopic (exact) mass is 353 g/mol. The van der Waals surface area contributed by atoms with Crippen molar-refractivity contribution in [1.29, 1.82) is 0 Å². The number of hydrogen-bond donors (Lipinski definition) is 1. The molecule has 0 aliphatic carbocycles. The molecule has 1 aromatic heterocycles. The summed E-state index contributed by atoms with van der Waals surface area (Å²) in [5.74, 6) is 0.846. The van der Waals surface area contributed by atoms with Crippen molar-refractivity contribution >= 4 is 28.5 Å². The number of nitrogens with zero attached hydrogens (tertiary/aromatic N) is 2. The maximum Gasteiger partial charge on any atom is 0.243 e.